The molecule has 0 aliphatic rings. The van der Waals surface area contributed by atoms with E-state index in [1.807, 2.05) is 0 Å². The van der Waals surface area contributed by atoms with Crippen LogP contribution in [0.4, 0.5) is 0 Å². The van der Waals surface area contributed by atoms with Crippen LogP contribution < -0.4 is 0 Å². The molecule has 4 heteroatoms. The van der Waals surface area contributed by atoms with Crippen molar-refractivity contribution >= 4 is 28.9 Å². The van der Waals surface area contributed by atoms with Gasteiger partial charge < -0.3 is 0 Å². The van der Waals surface area contributed by atoms with Crippen LogP contribution in [0.5, 0.6) is 0 Å². The van der Waals surface area contributed by atoms with Crippen molar-refractivity contribution in [1.29, 1.82) is 0 Å². The maximum absolute atomic E-state index is 10.5. The Hall–Kier alpha value is -1.48. The van der Waals surface area contributed by atoms with E-state index in [1.54, 1.807) is 24.5 Å². The summed E-state index contributed by atoms with van der Waals surface area (Å²) in [6.45, 7) is 0. The Morgan fingerprint density at radius 2 is 2.00 bits per heavy atom. The summed E-state index contributed by atoms with van der Waals surface area (Å²) < 4.78 is 0. The molecule has 2 rings (SSSR count). The molecule has 0 radical (unpaired) electrons. The highest BCUT2D eigenvalue weighted by molar-refractivity contribution is 6.35. The fourth-order valence-corrected chi connectivity index (χ4v) is 1.39. The SMILES string of the molecule is O=Cc1cc(Cl)c2nccnc2c1. The number of hydrogen-bond donors (Lipinski definition) is 0. The maximum Gasteiger partial charge on any atom is 0.150 e. The van der Waals surface area contributed by atoms with Crippen molar-refractivity contribution in [3.63, 3.8) is 0 Å². The van der Waals surface area contributed by atoms with E-state index in [0.717, 1.165) is 6.29 Å². The largest absolute Gasteiger partial charge is 0.298 e. The Labute approximate surface area is 79.4 Å². The molecule has 0 unspecified atom stereocenters. The van der Waals surface area contributed by atoms with Gasteiger partial charge in [0, 0.05) is 18.0 Å². The van der Waals surface area contributed by atoms with E-state index in [9.17, 15) is 4.79 Å². The van der Waals surface area contributed by atoms with Gasteiger partial charge in [-0.1, -0.05) is 11.6 Å². The molecular weight excluding hydrogens is 188 g/mol. The summed E-state index contributed by atoms with van der Waals surface area (Å²) in [6, 6.07) is 3.23. The molecule has 0 bridgehead atoms. The average Bonchev–Trinajstić information content (AvgIpc) is 2.18. The molecule has 0 amide bonds. The summed E-state index contributed by atoms with van der Waals surface area (Å²) in [5.41, 5.74) is 1.77. The van der Waals surface area contributed by atoms with Gasteiger partial charge in [-0.2, -0.15) is 0 Å². The van der Waals surface area contributed by atoms with Crippen LogP contribution in [0.1, 0.15) is 10.4 Å². The van der Waals surface area contributed by atoms with Gasteiger partial charge in [-0.25, -0.2) is 0 Å². The summed E-state index contributed by atoms with van der Waals surface area (Å²) in [4.78, 5) is 18.6. The van der Waals surface area contributed by atoms with E-state index in [2.05, 4.69) is 9.97 Å². The van der Waals surface area contributed by atoms with Crippen molar-refractivity contribution in [2.45, 2.75) is 0 Å². The molecule has 0 N–H and O–H groups in total. The molecule has 64 valence electrons. The van der Waals surface area contributed by atoms with E-state index in [-0.39, 0.29) is 0 Å². The predicted octanol–water partition coefficient (Wildman–Crippen LogP) is 2.10. The summed E-state index contributed by atoms with van der Waals surface area (Å²) in [6.07, 6.45) is 3.86. The maximum atomic E-state index is 10.5. The molecule has 0 aliphatic heterocycles. The molecule has 0 aliphatic carbocycles. The minimum absolute atomic E-state index is 0.452. The molecule has 2 aromatic rings. The molecule has 0 saturated heterocycles. The second-order valence-electron chi connectivity index (χ2n) is 2.54. The fourth-order valence-electron chi connectivity index (χ4n) is 1.12. The normalized spacial score (nSPS) is 10.2. The minimum Gasteiger partial charge on any atom is -0.298 e. The first-order valence-corrected chi connectivity index (χ1v) is 4.04. The van der Waals surface area contributed by atoms with Crippen LogP contribution in [0.25, 0.3) is 11.0 Å². The van der Waals surface area contributed by atoms with Crippen LogP contribution >= 0.6 is 11.6 Å². The Kier molecular flexibility index (Phi) is 1.94. The molecule has 1 aromatic carbocycles. The quantitative estimate of drug-likeness (QED) is 0.650. The third kappa shape index (κ3) is 1.38. The van der Waals surface area contributed by atoms with E-state index in [0.29, 0.717) is 21.6 Å². The van der Waals surface area contributed by atoms with Crippen LogP contribution in [0.2, 0.25) is 5.02 Å². The van der Waals surface area contributed by atoms with Crippen LogP contribution in [0.3, 0.4) is 0 Å². The molecular formula is C9H5ClN2O. The van der Waals surface area contributed by atoms with Gasteiger partial charge in [-0.05, 0) is 12.1 Å². The Bertz CT molecular complexity index is 470. The number of aldehydes is 1. The molecule has 1 heterocycles. The average molecular weight is 193 g/mol. The molecule has 3 nitrogen and oxygen atoms in total. The van der Waals surface area contributed by atoms with Crippen molar-refractivity contribution in [3.8, 4) is 0 Å². The third-order valence-electron chi connectivity index (χ3n) is 1.69. The fraction of sp³-hybridized carbons (Fsp3) is 0. The van der Waals surface area contributed by atoms with Crippen LogP contribution in [-0.2, 0) is 0 Å². The predicted molar refractivity (Wildman–Crippen MR) is 49.9 cm³/mol. The number of rotatable bonds is 1. The first kappa shape index (κ1) is 8.13. The third-order valence-corrected chi connectivity index (χ3v) is 1.97. The van der Waals surface area contributed by atoms with E-state index in [4.69, 9.17) is 11.6 Å². The number of aromatic nitrogens is 2. The molecule has 0 fully saturated rings. The second-order valence-corrected chi connectivity index (χ2v) is 2.95. The van der Waals surface area contributed by atoms with Gasteiger partial charge in [0.25, 0.3) is 0 Å². The topological polar surface area (TPSA) is 42.9 Å². The lowest BCUT2D eigenvalue weighted by molar-refractivity contribution is 0.112. The van der Waals surface area contributed by atoms with E-state index in [1.165, 1.54) is 0 Å². The number of nitrogens with zero attached hydrogens (tertiary/aromatic N) is 2. The summed E-state index contributed by atoms with van der Waals surface area (Å²) in [7, 11) is 0. The van der Waals surface area contributed by atoms with E-state index >= 15 is 0 Å². The number of benzene rings is 1. The monoisotopic (exact) mass is 192 g/mol. The standard InChI is InChI=1S/C9H5ClN2O/c10-7-3-6(5-13)4-8-9(7)12-2-1-11-8/h1-5H. The zero-order valence-corrected chi connectivity index (χ0v) is 7.32. The van der Waals surface area contributed by atoms with Crippen molar-refractivity contribution < 1.29 is 4.79 Å². The highest BCUT2D eigenvalue weighted by atomic mass is 35.5. The van der Waals surface area contributed by atoms with Gasteiger partial charge in [0.2, 0.25) is 0 Å². The number of carbonyl (C=O) groups excluding carboxylic acids is 1. The second kappa shape index (κ2) is 3.11. The van der Waals surface area contributed by atoms with Gasteiger partial charge in [0.1, 0.15) is 11.8 Å². The van der Waals surface area contributed by atoms with Gasteiger partial charge in [-0.3, -0.25) is 14.8 Å². The number of halogens is 1. The Morgan fingerprint density at radius 1 is 1.23 bits per heavy atom. The summed E-state index contributed by atoms with van der Waals surface area (Å²) in [5.74, 6) is 0. The molecule has 1 aromatic heterocycles. The van der Waals surface area contributed by atoms with Gasteiger partial charge >= 0.3 is 0 Å². The van der Waals surface area contributed by atoms with Crippen molar-refractivity contribution in [2.75, 3.05) is 0 Å². The zero-order chi connectivity index (χ0) is 9.26. The van der Waals surface area contributed by atoms with Crippen molar-refractivity contribution in [3.05, 3.63) is 35.1 Å². The lowest BCUT2D eigenvalue weighted by atomic mass is 10.2. The molecule has 0 spiro atoms. The van der Waals surface area contributed by atoms with Gasteiger partial charge in [-0.15, -0.1) is 0 Å². The smallest absolute Gasteiger partial charge is 0.150 e. The van der Waals surface area contributed by atoms with E-state index < -0.39 is 0 Å². The Morgan fingerprint density at radius 3 is 2.77 bits per heavy atom. The van der Waals surface area contributed by atoms with Crippen LogP contribution in [-0.4, -0.2) is 16.3 Å². The van der Waals surface area contributed by atoms with Crippen LogP contribution in [0.15, 0.2) is 24.5 Å². The first-order chi connectivity index (χ1) is 6.31. The molecule has 0 atom stereocenters. The van der Waals surface area contributed by atoms with Gasteiger partial charge in [0.15, 0.2) is 0 Å². The number of carbonyl (C=O) groups is 1. The Balaban J connectivity index is 2.84. The van der Waals surface area contributed by atoms with Gasteiger partial charge in [0.05, 0.1) is 10.5 Å². The van der Waals surface area contributed by atoms with Crippen LogP contribution in [0, 0.1) is 0 Å². The van der Waals surface area contributed by atoms with Crippen molar-refractivity contribution in [1.82, 2.24) is 9.97 Å². The summed E-state index contributed by atoms with van der Waals surface area (Å²) in [5, 5.41) is 0.452. The lowest BCUT2D eigenvalue weighted by Crippen LogP contribution is -1.86. The minimum atomic E-state index is 0.452. The highest BCUT2D eigenvalue weighted by Gasteiger charge is 2.02. The number of hydrogen-bond acceptors (Lipinski definition) is 3. The number of fused-ring (bicyclic) bond motifs is 1. The lowest BCUT2D eigenvalue weighted by Gasteiger charge is -1.98. The van der Waals surface area contributed by atoms with Crippen molar-refractivity contribution in [2.24, 2.45) is 0 Å². The summed E-state index contributed by atoms with van der Waals surface area (Å²) >= 11 is 5.88. The first-order valence-electron chi connectivity index (χ1n) is 3.67. The highest BCUT2D eigenvalue weighted by Crippen LogP contribution is 2.20. The molecule has 0 saturated carbocycles. The zero-order valence-electron chi connectivity index (χ0n) is 6.57. The molecule has 13 heavy (non-hydrogen) atoms.